The van der Waals surface area contributed by atoms with Crippen molar-refractivity contribution >= 4 is 11.9 Å². The van der Waals surface area contributed by atoms with Gasteiger partial charge in [-0.15, -0.1) is 0 Å². The number of nitrogens with zero attached hydrogens (tertiary/aromatic N) is 1. The Balaban J connectivity index is 1.92. The van der Waals surface area contributed by atoms with Gasteiger partial charge in [0.15, 0.2) is 0 Å². The number of carbonyl (C=O) groups is 2. The molecule has 0 unspecified atom stereocenters. The topological polar surface area (TPSA) is 75.5 Å². The zero-order valence-electron chi connectivity index (χ0n) is 16.3. The van der Waals surface area contributed by atoms with Gasteiger partial charge in [0.1, 0.15) is 11.5 Å². The Bertz CT molecular complexity index is 943. The van der Waals surface area contributed by atoms with Gasteiger partial charge in [0.05, 0.1) is 25.0 Å². The van der Waals surface area contributed by atoms with E-state index in [2.05, 4.69) is 4.98 Å². The third-order valence-corrected chi connectivity index (χ3v) is 4.56. The number of nitrogens with one attached hydrogen (secondary N) is 1. The number of hydrogen-bond donors (Lipinski definition) is 1. The van der Waals surface area contributed by atoms with Crippen LogP contribution < -0.4 is 0 Å². The Morgan fingerprint density at radius 2 is 1.82 bits per heavy atom. The van der Waals surface area contributed by atoms with Crippen LogP contribution in [-0.2, 0) is 17.8 Å². The summed E-state index contributed by atoms with van der Waals surface area (Å²) in [5.41, 5.74) is 3.04. The van der Waals surface area contributed by atoms with Crippen LogP contribution in [0.4, 0.5) is 0 Å². The van der Waals surface area contributed by atoms with Crippen molar-refractivity contribution in [1.82, 2.24) is 9.88 Å². The predicted molar refractivity (Wildman–Crippen MR) is 105 cm³/mol. The maximum absolute atomic E-state index is 13.3. The summed E-state index contributed by atoms with van der Waals surface area (Å²) in [5, 5.41) is 0. The Hall–Kier alpha value is -3.28. The molecule has 28 heavy (non-hydrogen) atoms. The first-order valence-corrected chi connectivity index (χ1v) is 9.23. The highest BCUT2D eigenvalue weighted by Gasteiger charge is 2.26. The molecule has 6 nitrogen and oxygen atoms in total. The van der Waals surface area contributed by atoms with Crippen molar-refractivity contribution in [3.63, 3.8) is 0 Å². The molecule has 146 valence electrons. The second kappa shape index (κ2) is 8.61. The number of aryl methyl sites for hydroxylation is 1. The van der Waals surface area contributed by atoms with Gasteiger partial charge in [-0.2, -0.15) is 0 Å². The molecule has 0 aliphatic heterocycles. The number of aromatic nitrogens is 1. The van der Waals surface area contributed by atoms with E-state index in [0.717, 1.165) is 5.56 Å². The molecule has 0 radical (unpaired) electrons. The number of H-pyrrole nitrogens is 1. The van der Waals surface area contributed by atoms with Crippen molar-refractivity contribution in [3.8, 4) is 0 Å². The lowest BCUT2D eigenvalue weighted by atomic mass is 10.1. The number of hydrogen-bond acceptors (Lipinski definition) is 4. The van der Waals surface area contributed by atoms with Gasteiger partial charge in [-0.05, 0) is 44.0 Å². The molecule has 2 heterocycles. The molecule has 0 saturated heterocycles. The Morgan fingerprint density at radius 1 is 1.07 bits per heavy atom. The molecule has 0 fully saturated rings. The number of benzene rings is 1. The van der Waals surface area contributed by atoms with E-state index in [1.165, 1.54) is 0 Å². The molecular formula is C22H24N2O4. The molecule has 0 bridgehead atoms. The molecule has 2 aromatic heterocycles. The summed E-state index contributed by atoms with van der Waals surface area (Å²) in [7, 11) is 0. The van der Waals surface area contributed by atoms with Crippen LogP contribution in [-0.4, -0.2) is 28.4 Å². The molecular weight excluding hydrogens is 356 g/mol. The Kier molecular flexibility index (Phi) is 5.99. The summed E-state index contributed by atoms with van der Waals surface area (Å²) >= 11 is 0. The van der Waals surface area contributed by atoms with Crippen LogP contribution in [0, 0.1) is 13.8 Å². The number of amides is 1. The van der Waals surface area contributed by atoms with E-state index in [-0.39, 0.29) is 12.5 Å². The lowest BCUT2D eigenvalue weighted by Gasteiger charge is -2.22. The van der Waals surface area contributed by atoms with Crippen LogP contribution in [0.15, 0.2) is 53.1 Å². The largest absolute Gasteiger partial charge is 0.467 e. The van der Waals surface area contributed by atoms with Crippen molar-refractivity contribution in [1.29, 1.82) is 0 Å². The summed E-state index contributed by atoms with van der Waals surface area (Å²) < 4.78 is 10.6. The molecule has 0 spiro atoms. The van der Waals surface area contributed by atoms with Gasteiger partial charge in [-0.3, -0.25) is 4.79 Å². The minimum absolute atomic E-state index is 0.198. The smallest absolute Gasteiger partial charge is 0.340 e. The molecule has 3 aromatic rings. The van der Waals surface area contributed by atoms with E-state index >= 15 is 0 Å². The second-order valence-electron chi connectivity index (χ2n) is 6.57. The second-order valence-corrected chi connectivity index (χ2v) is 6.57. The first kappa shape index (κ1) is 19.5. The number of furan rings is 1. The highest BCUT2D eigenvalue weighted by Crippen LogP contribution is 2.22. The molecule has 1 aromatic carbocycles. The first-order chi connectivity index (χ1) is 13.5. The number of carbonyl (C=O) groups excluding carboxylic acids is 2. The predicted octanol–water partition coefficient (Wildman–Crippen LogP) is 4.24. The average molecular weight is 380 g/mol. The minimum Gasteiger partial charge on any atom is -0.467 e. The molecule has 1 N–H and O–H groups in total. The van der Waals surface area contributed by atoms with Crippen LogP contribution in [0.1, 0.15) is 50.4 Å². The van der Waals surface area contributed by atoms with Gasteiger partial charge in [-0.1, -0.05) is 30.3 Å². The molecule has 6 heteroatoms. The molecule has 0 aliphatic rings. The zero-order valence-corrected chi connectivity index (χ0v) is 16.3. The van der Waals surface area contributed by atoms with E-state index in [0.29, 0.717) is 41.4 Å². The van der Waals surface area contributed by atoms with E-state index < -0.39 is 5.97 Å². The van der Waals surface area contributed by atoms with E-state index in [1.54, 1.807) is 38.0 Å². The standard InChI is InChI=1S/C22H24N2O4/c1-4-27-22(26)19-15(2)20(23-16(19)3)21(25)24(14-18-11-8-12-28-18)13-17-9-6-5-7-10-17/h5-12,23H,4,13-14H2,1-3H3. The normalized spacial score (nSPS) is 10.7. The molecule has 0 saturated carbocycles. The molecule has 0 aliphatic carbocycles. The van der Waals surface area contributed by atoms with Crippen molar-refractivity contribution in [2.24, 2.45) is 0 Å². The maximum atomic E-state index is 13.3. The van der Waals surface area contributed by atoms with E-state index in [4.69, 9.17) is 9.15 Å². The molecule has 0 atom stereocenters. The molecule has 3 rings (SSSR count). The lowest BCUT2D eigenvalue weighted by Crippen LogP contribution is -2.30. The summed E-state index contributed by atoms with van der Waals surface area (Å²) in [6.45, 7) is 6.32. The number of rotatable bonds is 7. The van der Waals surface area contributed by atoms with E-state index in [9.17, 15) is 9.59 Å². The highest BCUT2D eigenvalue weighted by molar-refractivity contribution is 6.00. The van der Waals surface area contributed by atoms with Crippen LogP contribution in [0.2, 0.25) is 0 Å². The van der Waals surface area contributed by atoms with Gasteiger partial charge in [0, 0.05) is 12.2 Å². The SMILES string of the molecule is CCOC(=O)c1c(C)[nH]c(C(=O)N(Cc2ccccc2)Cc2ccco2)c1C. The minimum atomic E-state index is -0.423. The van der Waals surface area contributed by atoms with Crippen molar-refractivity contribution in [3.05, 3.63) is 82.6 Å². The summed E-state index contributed by atoms with van der Waals surface area (Å²) in [6.07, 6.45) is 1.59. The number of ether oxygens (including phenoxy) is 1. The van der Waals surface area contributed by atoms with Crippen molar-refractivity contribution in [2.75, 3.05) is 6.61 Å². The quantitative estimate of drug-likeness (QED) is 0.622. The fourth-order valence-corrected chi connectivity index (χ4v) is 3.23. The Morgan fingerprint density at radius 3 is 2.46 bits per heavy atom. The summed E-state index contributed by atoms with van der Waals surface area (Å²) in [5.74, 6) is 0.0701. The van der Waals surface area contributed by atoms with Gasteiger partial charge < -0.3 is 19.0 Å². The fourth-order valence-electron chi connectivity index (χ4n) is 3.23. The zero-order chi connectivity index (χ0) is 20.1. The lowest BCUT2D eigenvalue weighted by molar-refractivity contribution is 0.0525. The monoisotopic (exact) mass is 380 g/mol. The fraction of sp³-hybridized carbons (Fsp3) is 0.273. The van der Waals surface area contributed by atoms with Crippen molar-refractivity contribution in [2.45, 2.75) is 33.9 Å². The summed E-state index contributed by atoms with van der Waals surface area (Å²) in [4.78, 5) is 30.4. The van der Waals surface area contributed by atoms with Gasteiger partial charge in [0.2, 0.25) is 0 Å². The third kappa shape index (κ3) is 4.17. The van der Waals surface area contributed by atoms with Crippen LogP contribution in [0.5, 0.6) is 0 Å². The number of esters is 1. The van der Waals surface area contributed by atoms with Crippen LogP contribution in [0.25, 0.3) is 0 Å². The van der Waals surface area contributed by atoms with Gasteiger partial charge in [-0.25, -0.2) is 4.79 Å². The van der Waals surface area contributed by atoms with E-state index in [1.807, 2.05) is 36.4 Å². The first-order valence-electron chi connectivity index (χ1n) is 9.23. The average Bonchev–Trinajstić information content (AvgIpc) is 3.29. The summed E-state index contributed by atoms with van der Waals surface area (Å²) in [6, 6.07) is 13.4. The molecule has 1 amide bonds. The van der Waals surface area contributed by atoms with Crippen LogP contribution >= 0.6 is 0 Å². The van der Waals surface area contributed by atoms with Crippen molar-refractivity contribution < 1.29 is 18.7 Å². The third-order valence-electron chi connectivity index (χ3n) is 4.56. The van der Waals surface area contributed by atoms with Crippen LogP contribution in [0.3, 0.4) is 0 Å². The highest BCUT2D eigenvalue weighted by atomic mass is 16.5. The van der Waals surface area contributed by atoms with Gasteiger partial charge >= 0.3 is 5.97 Å². The number of aromatic amines is 1. The maximum Gasteiger partial charge on any atom is 0.340 e. The Labute approximate surface area is 164 Å². The van der Waals surface area contributed by atoms with Gasteiger partial charge in [0.25, 0.3) is 5.91 Å².